The van der Waals surface area contributed by atoms with E-state index in [-0.39, 0.29) is 5.56 Å². The van der Waals surface area contributed by atoms with Crippen molar-refractivity contribution in [2.24, 2.45) is 5.92 Å². The van der Waals surface area contributed by atoms with Crippen LogP contribution in [0.5, 0.6) is 0 Å². The van der Waals surface area contributed by atoms with Gasteiger partial charge in [-0.25, -0.2) is 9.18 Å². The molecule has 0 spiro atoms. The molecule has 1 fully saturated rings. The molecule has 0 aliphatic heterocycles. The molecular weight excluding hydrogens is 219 g/mol. The molecule has 2 rings (SSSR count). The fourth-order valence-electron chi connectivity index (χ4n) is 2.68. The zero-order valence-corrected chi connectivity index (χ0v) is 10.2. The summed E-state index contributed by atoms with van der Waals surface area (Å²) in [5, 5.41) is 0. The molecule has 1 aliphatic carbocycles. The lowest BCUT2D eigenvalue weighted by molar-refractivity contribution is 0.0595. The van der Waals surface area contributed by atoms with Gasteiger partial charge in [0, 0.05) is 0 Å². The van der Waals surface area contributed by atoms with E-state index in [1.165, 1.54) is 32.1 Å². The lowest BCUT2D eigenvalue weighted by Crippen LogP contribution is -2.07. The van der Waals surface area contributed by atoms with E-state index in [9.17, 15) is 9.18 Å². The molecule has 17 heavy (non-hydrogen) atoms. The number of hydrogen-bond donors (Lipinski definition) is 0. The number of esters is 1. The zero-order valence-electron chi connectivity index (χ0n) is 10.2. The van der Waals surface area contributed by atoms with Crippen LogP contribution in [0, 0.1) is 11.7 Å². The Hall–Kier alpha value is -1.38. The van der Waals surface area contributed by atoms with Crippen molar-refractivity contribution in [3.8, 4) is 0 Å². The third-order valence-corrected chi connectivity index (χ3v) is 3.69. The van der Waals surface area contributed by atoms with Gasteiger partial charge in [-0.3, -0.25) is 0 Å². The number of hydrogen-bond acceptors (Lipinski definition) is 2. The molecule has 1 saturated carbocycles. The summed E-state index contributed by atoms with van der Waals surface area (Å²) in [5.74, 6) is -0.0726. The van der Waals surface area contributed by atoms with E-state index in [0.29, 0.717) is 11.8 Å². The molecule has 0 aromatic heterocycles. The van der Waals surface area contributed by atoms with Crippen LogP contribution in [-0.4, -0.2) is 13.1 Å². The number of rotatable bonds is 2. The van der Waals surface area contributed by atoms with E-state index >= 15 is 0 Å². The van der Waals surface area contributed by atoms with Crippen LogP contribution >= 0.6 is 0 Å². The Labute approximate surface area is 101 Å². The number of benzene rings is 1. The van der Waals surface area contributed by atoms with E-state index in [1.807, 2.05) is 6.07 Å². The number of carbonyl (C=O) groups is 1. The standard InChI is InChI=1S/C14H17FO2/c1-9-4-3-5-11(9)10-6-7-12(13(15)8-10)14(16)17-2/h6-9,11H,3-5H2,1-2H3. The average Bonchev–Trinajstić information content (AvgIpc) is 2.74. The Morgan fingerprint density at radius 3 is 2.71 bits per heavy atom. The van der Waals surface area contributed by atoms with Crippen molar-refractivity contribution in [3.63, 3.8) is 0 Å². The van der Waals surface area contributed by atoms with Crippen LogP contribution in [0.15, 0.2) is 18.2 Å². The molecular formula is C14H17FO2. The minimum Gasteiger partial charge on any atom is -0.465 e. The first-order valence-corrected chi connectivity index (χ1v) is 6.01. The summed E-state index contributed by atoms with van der Waals surface area (Å²) in [6.45, 7) is 2.20. The normalized spacial score (nSPS) is 23.7. The molecule has 0 amide bonds. The molecule has 2 nitrogen and oxygen atoms in total. The number of halogens is 1. The summed E-state index contributed by atoms with van der Waals surface area (Å²) in [4.78, 5) is 11.3. The molecule has 1 aliphatic rings. The van der Waals surface area contributed by atoms with Gasteiger partial charge in [-0.15, -0.1) is 0 Å². The van der Waals surface area contributed by atoms with E-state index in [4.69, 9.17) is 0 Å². The molecule has 0 radical (unpaired) electrons. The predicted molar refractivity (Wildman–Crippen MR) is 63.5 cm³/mol. The highest BCUT2D eigenvalue weighted by molar-refractivity contribution is 5.89. The molecule has 2 unspecified atom stereocenters. The smallest absolute Gasteiger partial charge is 0.340 e. The number of methoxy groups -OCH3 is 1. The monoisotopic (exact) mass is 236 g/mol. The molecule has 0 N–H and O–H groups in total. The first-order valence-electron chi connectivity index (χ1n) is 6.01. The van der Waals surface area contributed by atoms with Crippen LogP contribution in [0.2, 0.25) is 0 Å². The van der Waals surface area contributed by atoms with Crippen molar-refractivity contribution in [3.05, 3.63) is 35.1 Å². The summed E-state index contributed by atoms with van der Waals surface area (Å²) in [6.07, 6.45) is 3.51. The second kappa shape index (κ2) is 4.86. The van der Waals surface area contributed by atoms with Crippen molar-refractivity contribution >= 4 is 5.97 Å². The molecule has 3 heteroatoms. The predicted octanol–water partition coefficient (Wildman–Crippen LogP) is 3.52. The largest absolute Gasteiger partial charge is 0.465 e. The maximum absolute atomic E-state index is 13.8. The van der Waals surface area contributed by atoms with Gasteiger partial charge in [0.1, 0.15) is 5.82 Å². The first-order chi connectivity index (χ1) is 8.13. The summed E-state index contributed by atoms with van der Waals surface area (Å²) >= 11 is 0. The Morgan fingerprint density at radius 2 is 2.18 bits per heavy atom. The summed E-state index contributed by atoms with van der Waals surface area (Å²) < 4.78 is 18.3. The van der Waals surface area contributed by atoms with Gasteiger partial charge in [0.05, 0.1) is 12.7 Å². The SMILES string of the molecule is COC(=O)c1ccc(C2CCCC2C)cc1F. The molecule has 1 aromatic carbocycles. The van der Waals surface area contributed by atoms with Gasteiger partial charge in [-0.2, -0.15) is 0 Å². The summed E-state index contributed by atoms with van der Waals surface area (Å²) in [7, 11) is 1.26. The fourth-order valence-corrected chi connectivity index (χ4v) is 2.68. The van der Waals surface area contributed by atoms with E-state index in [0.717, 1.165) is 12.0 Å². The molecule has 1 aromatic rings. The molecule has 92 valence electrons. The van der Waals surface area contributed by atoms with Gasteiger partial charge in [-0.05, 0) is 36.0 Å². The Bertz CT molecular complexity index is 428. The van der Waals surface area contributed by atoms with Gasteiger partial charge >= 0.3 is 5.97 Å². The summed E-state index contributed by atoms with van der Waals surface area (Å²) in [6, 6.07) is 4.86. The van der Waals surface area contributed by atoms with Gasteiger partial charge in [0.2, 0.25) is 0 Å². The summed E-state index contributed by atoms with van der Waals surface area (Å²) in [5.41, 5.74) is 1.02. The van der Waals surface area contributed by atoms with Crippen LogP contribution in [-0.2, 0) is 4.74 Å². The van der Waals surface area contributed by atoms with Gasteiger partial charge in [-0.1, -0.05) is 25.8 Å². The lowest BCUT2D eigenvalue weighted by atomic mass is 9.89. The van der Waals surface area contributed by atoms with E-state index < -0.39 is 11.8 Å². The van der Waals surface area contributed by atoms with Gasteiger partial charge in [0.15, 0.2) is 0 Å². The topological polar surface area (TPSA) is 26.3 Å². The van der Waals surface area contributed by atoms with Crippen molar-refractivity contribution in [2.75, 3.05) is 7.11 Å². The third kappa shape index (κ3) is 2.33. The Kier molecular flexibility index (Phi) is 3.46. The quantitative estimate of drug-likeness (QED) is 0.734. The highest BCUT2D eigenvalue weighted by Gasteiger charge is 2.26. The second-order valence-corrected chi connectivity index (χ2v) is 4.75. The van der Waals surface area contributed by atoms with Crippen molar-refractivity contribution in [1.82, 2.24) is 0 Å². The highest BCUT2D eigenvalue weighted by Crippen LogP contribution is 2.39. The van der Waals surface area contributed by atoms with Crippen LogP contribution in [0.4, 0.5) is 4.39 Å². The van der Waals surface area contributed by atoms with Crippen molar-refractivity contribution in [2.45, 2.75) is 32.1 Å². The number of ether oxygens (including phenoxy) is 1. The molecule has 0 saturated heterocycles. The Morgan fingerprint density at radius 1 is 1.41 bits per heavy atom. The van der Waals surface area contributed by atoms with Crippen LogP contribution < -0.4 is 0 Å². The fraction of sp³-hybridized carbons (Fsp3) is 0.500. The van der Waals surface area contributed by atoms with Crippen molar-refractivity contribution < 1.29 is 13.9 Å². The maximum atomic E-state index is 13.8. The van der Waals surface area contributed by atoms with E-state index in [1.54, 1.807) is 0 Å². The molecule has 2 atom stereocenters. The first kappa shape index (κ1) is 12.1. The van der Waals surface area contributed by atoms with E-state index in [2.05, 4.69) is 11.7 Å². The average molecular weight is 236 g/mol. The third-order valence-electron chi connectivity index (χ3n) is 3.69. The zero-order chi connectivity index (χ0) is 12.4. The minimum atomic E-state index is -0.617. The van der Waals surface area contributed by atoms with Crippen LogP contribution in [0.1, 0.15) is 48.0 Å². The maximum Gasteiger partial charge on any atom is 0.340 e. The van der Waals surface area contributed by atoms with Crippen molar-refractivity contribution in [1.29, 1.82) is 0 Å². The van der Waals surface area contributed by atoms with Crippen LogP contribution in [0.3, 0.4) is 0 Å². The second-order valence-electron chi connectivity index (χ2n) is 4.75. The number of carbonyl (C=O) groups excluding carboxylic acids is 1. The minimum absolute atomic E-state index is 0.0156. The Balaban J connectivity index is 2.27. The lowest BCUT2D eigenvalue weighted by Gasteiger charge is -2.16. The van der Waals surface area contributed by atoms with Gasteiger partial charge < -0.3 is 4.74 Å². The molecule has 0 bridgehead atoms. The molecule has 0 heterocycles. The van der Waals surface area contributed by atoms with Crippen LogP contribution in [0.25, 0.3) is 0 Å². The van der Waals surface area contributed by atoms with Gasteiger partial charge in [0.25, 0.3) is 0 Å². The highest BCUT2D eigenvalue weighted by atomic mass is 19.1.